The summed E-state index contributed by atoms with van der Waals surface area (Å²) < 4.78 is 0. The molecule has 2 aromatic carbocycles. The van der Waals surface area contributed by atoms with Gasteiger partial charge in [-0.25, -0.2) is 15.0 Å². The number of benzene rings is 2. The molecule has 2 heterocycles. The molecule has 0 unspecified atom stereocenters. The van der Waals surface area contributed by atoms with Crippen LogP contribution < -0.4 is 0 Å². The third-order valence-electron chi connectivity index (χ3n) is 3.65. The maximum atomic E-state index is 6.10. The molecule has 0 aliphatic carbocycles. The van der Waals surface area contributed by atoms with Gasteiger partial charge in [0.15, 0.2) is 17.5 Å². The summed E-state index contributed by atoms with van der Waals surface area (Å²) in [4.78, 5) is 18.2. The molecule has 0 amide bonds. The van der Waals surface area contributed by atoms with Gasteiger partial charge in [-0.05, 0) is 12.1 Å². The maximum Gasteiger partial charge on any atom is 0.182 e. The minimum atomic E-state index is 0.496. The first kappa shape index (κ1) is 15.4. The average molecular weight is 345 g/mol. The molecule has 0 aliphatic rings. The highest BCUT2D eigenvalue weighted by molar-refractivity contribution is 6.30. The van der Waals surface area contributed by atoms with Crippen molar-refractivity contribution in [2.45, 2.75) is 0 Å². The molecule has 0 radical (unpaired) electrons. The maximum absolute atomic E-state index is 6.10. The summed E-state index contributed by atoms with van der Waals surface area (Å²) in [6.45, 7) is 0. The van der Waals surface area contributed by atoms with Crippen LogP contribution in [0.2, 0.25) is 5.02 Å². The number of rotatable bonds is 3. The monoisotopic (exact) mass is 344 g/mol. The highest BCUT2D eigenvalue weighted by Gasteiger charge is 2.12. The second kappa shape index (κ2) is 6.79. The first-order valence-corrected chi connectivity index (χ1v) is 8.16. The highest BCUT2D eigenvalue weighted by atomic mass is 35.5. The van der Waals surface area contributed by atoms with Gasteiger partial charge < -0.3 is 0 Å². The van der Waals surface area contributed by atoms with Gasteiger partial charge in [0, 0.05) is 22.3 Å². The number of halogens is 1. The molecule has 0 aliphatic heterocycles. The highest BCUT2D eigenvalue weighted by Crippen LogP contribution is 2.24. The van der Waals surface area contributed by atoms with Crippen LogP contribution in [0.4, 0.5) is 0 Å². The summed E-state index contributed by atoms with van der Waals surface area (Å²) in [6, 6.07) is 23.1. The van der Waals surface area contributed by atoms with Gasteiger partial charge in [0.25, 0.3) is 0 Å². The van der Waals surface area contributed by atoms with Crippen LogP contribution in [0.15, 0.2) is 79.0 Å². The van der Waals surface area contributed by atoms with E-state index in [2.05, 4.69) is 19.9 Å². The zero-order chi connectivity index (χ0) is 17.1. The molecule has 4 aromatic rings. The van der Waals surface area contributed by atoms with E-state index in [0.717, 1.165) is 11.1 Å². The first-order chi connectivity index (χ1) is 12.3. The Morgan fingerprint density at radius 3 is 1.64 bits per heavy atom. The first-order valence-electron chi connectivity index (χ1n) is 7.78. The molecular formula is C20H13ClN4. The summed E-state index contributed by atoms with van der Waals surface area (Å²) in [6.07, 6.45) is 1.64. The molecule has 4 nitrogen and oxygen atoms in total. The molecule has 0 fully saturated rings. The zero-order valence-corrected chi connectivity index (χ0v) is 13.9. The van der Waals surface area contributed by atoms with Gasteiger partial charge in [-0.2, -0.15) is 0 Å². The molecule has 25 heavy (non-hydrogen) atoms. The predicted octanol–water partition coefficient (Wildman–Crippen LogP) is 4.92. The van der Waals surface area contributed by atoms with Crippen molar-refractivity contribution >= 4 is 11.6 Å². The van der Waals surface area contributed by atoms with Crippen molar-refractivity contribution in [3.63, 3.8) is 0 Å². The van der Waals surface area contributed by atoms with E-state index in [1.807, 2.05) is 60.7 Å². The largest absolute Gasteiger partial charge is 0.253 e. The Morgan fingerprint density at radius 1 is 0.600 bits per heavy atom. The van der Waals surface area contributed by atoms with E-state index in [1.54, 1.807) is 18.3 Å². The summed E-state index contributed by atoms with van der Waals surface area (Å²) in [5.41, 5.74) is 2.46. The van der Waals surface area contributed by atoms with Crippen LogP contribution in [0.5, 0.6) is 0 Å². The van der Waals surface area contributed by atoms with Gasteiger partial charge in [-0.15, -0.1) is 0 Å². The van der Waals surface area contributed by atoms with Gasteiger partial charge in [0.1, 0.15) is 5.69 Å². The van der Waals surface area contributed by atoms with Gasteiger partial charge in [0.2, 0.25) is 0 Å². The minimum Gasteiger partial charge on any atom is -0.253 e. The summed E-state index contributed by atoms with van der Waals surface area (Å²) in [5, 5.41) is 0.591. The molecule has 0 saturated carbocycles. The molecule has 0 atom stereocenters. The lowest BCUT2D eigenvalue weighted by atomic mass is 10.2. The number of aromatic nitrogens is 4. The Kier molecular flexibility index (Phi) is 4.19. The lowest BCUT2D eigenvalue weighted by Crippen LogP contribution is -2.00. The Morgan fingerprint density at radius 2 is 1.12 bits per heavy atom. The Balaban J connectivity index is 1.92. The van der Waals surface area contributed by atoms with Gasteiger partial charge in [-0.1, -0.05) is 72.3 Å². The Bertz CT molecular complexity index is 947. The second-order valence-corrected chi connectivity index (χ2v) is 5.83. The lowest BCUT2D eigenvalue weighted by molar-refractivity contribution is 1.06. The van der Waals surface area contributed by atoms with Crippen LogP contribution in [0.25, 0.3) is 34.3 Å². The predicted molar refractivity (Wildman–Crippen MR) is 98.9 cm³/mol. The molecule has 4 rings (SSSR count). The topological polar surface area (TPSA) is 51.6 Å². The quantitative estimate of drug-likeness (QED) is 0.529. The van der Waals surface area contributed by atoms with Crippen LogP contribution in [-0.2, 0) is 0 Å². The van der Waals surface area contributed by atoms with Crippen LogP contribution in [-0.4, -0.2) is 19.9 Å². The standard InChI is InChI=1S/C20H13ClN4/c21-16-11-12-22-17(13-16)20-24-18(14-7-3-1-4-8-14)23-19(25-20)15-9-5-2-6-10-15/h1-13H. The number of hydrogen-bond acceptors (Lipinski definition) is 4. The molecule has 5 heteroatoms. The van der Waals surface area contributed by atoms with E-state index in [1.165, 1.54) is 0 Å². The van der Waals surface area contributed by atoms with E-state index >= 15 is 0 Å². The summed E-state index contributed by atoms with van der Waals surface area (Å²) in [5.74, 6) is 1.70. The second-order valence-electron chi connectivity index (χ2n) is 5.40. The van der Waals surface area contributed by atoms with Crippen molar-refractivity contribution in [3.05, 3.63) is 84.0 Å². The zero-order valence-electron chi connectivity index (χ0n) is 13.2. The molecular weight excluding hydrogens is 332 g/mol. The summed E-state index contributed by atoms with van der Waals surface area (Å²) in [7, 11) is 0. The van der Waals surface area contributed by atoms with E-state index in [4.69, 9.17) is 11.6 Å². The Hall–Kier alpha value is -3.11. The van der Waals surface area contributed by atoms with E-state index in [0.29, 0.717) is 28.2 Å². The third kappa shape index (κ3) is 3.39. The minimum absolute atomic E-state index is 0.496. The molecule has 0 N–H and O–H groups in total. The fourth-order valence-electron chi connectivity index (χ4n) is 2.45. The van der Waals surface area contributed by atoms with Gasteiger partial charge in [-0.3, -0.25) is 4.98 Å². The number of pyridine rings is 1. The van der Waals surface area contributed by atoms with Crippen molar-refractivity contribution in [2.75, 3.05) is 0 Å². The average Bonchev–Trinajstić information content (AvgIpc) is 2.69. The van der Waals surface area contributed by atoms with Crippen LogP contribution >= 0.6 is 11.6 Å². The van der Waals surface area contributed by atoms with E-state index in [9.17, 15) is 0 Å². The molecule has 0 bridgehead atoms. The molecule has 120 valence electrons. The van der Waals surface area contributed by atoms with Crippen LogP contribution in [0.3, 0.4) is 0 Å². The molecule has 0 spiro atoms. The number of hydrogen-bond donors (Lipinski definition) is 0. The normalized spacial score (nSPS) is 10.6. The van der Waals surface area contributed by atoms with Crippen LogP contribution in [0.1, 0.15) is 0 Å². The SMILES string of the molecule is Clc1ccnc(-c2nc(-c3ccccc3)nc(-c3ccccc3)n2)c1. The Labute approximate surface area is 150 Å². The molecule has 2 aromatic heterocycles. The van der Waals surface area contributed by atoms with Gasteiger partial charge >= 0.3 is 0 Å². The van der Waals surface area contributed by atoms with Crippen molar-refractivity contribution in [1.29, 1.82) is 0 Å². The third-order valence-corrected chi connectivity index (χ3v) is 3.89. The van der Waals surface area contributed by atoms with Crippen molar-refractivity contribution in [2.24, 2.45) is 0 Å². The smallest absolute Gasteiger partial charge is 0.182 e. The van der Waals surface area contributed by atoms with Crippen molar-refractivity contribution in [3.8, 4) is 34.3 Å². The van der Waals surface area contributed by atoms with Gasteiger partial charge in [0.05, 0.1) is 0 Å². The fourth-order valence-corrected chi connectivity index (χ4v) is 2.61. The lowest BCUT2D eigenvalue weighted by Gasteiger charge is -2.07. The van der Waals surface area contributed by atoms with E-state index < -0.39 is 0 Å². The van der Waals surface area contributed by atoms with Crippen LogP contribution in [0, 0.1) is 0 Å². The summed E-state index contributed by atoms with van der Waals surface area (Å²) >= 11 is 6.10. The van der Waals surface area contributed by atoms with Crippen molar-refractivity contribution < 1.29 is 0 Å². The number of nitrogens with zero attached hydrogens (tertiary/aromatic N) is 4. The van der Waals surface area contributed by atoms with E-state index in [-0.39, 0.29) is 0 Å². The molecule has 0 saturated heterocycles. The fraction of sp³-hybridized carbons (Fsp3) is 0. The van der Waals surface area contributed by atoms with Crippen molar-refractivity contribution in [1.82, 2.24) is 19.9 Å².